The number of sulfonamides is 1. The molecule has 2 aromatic rings. The number of rotatable bonds is 2. The van der Waals surface area contributed by atoms with Crippen molar-refractivity contribution in [3.8, 4) is 0 Å². The number of amides is 2. The summed E-state index contributed by atoms with van der Waals surface area (Å²) < 4.78 is 101. The van der Waals surface area contributed by atoms with Gasteiger partial charge in [-0.2, -0.15) is 26.3 Å². The van der Waals surface area contributed by atoms with Crippen LogP contribution in [0.2, 0.25) is 5.02 Å². The van der Waals surface area contributed by atoms with Crippen LogP contribution in [0.1, 0.15) is 42.1 Å². The minimum atomic E-state index is -5.08. The average Bonchev–Trinajstić information content (AvgIpc) is 3.71. The number of anilines is 1. The number of hydrogen-bond acceptors (Lipinski definition) is 6. The van der Waals surface area contributed by atoms with Crippen molar-refractivity contribution in [1.29, 1.82) is 0 Å². The van der Waals surface area contributed by atoms with Crippen LogP contribution in [-0.2, 0) is 25.8 Å². The number of carbonyl (C=O) groups excluding carboxylic acids is 2. The summed E-state index contributed by atoms with van der Waals surface area (Å²) in [5.74, 6) is -3.26. The van der Waals surface area contributed by atoms with E-state index >= 15 is 0 Å². The Morgan fingerprint density at radius 1 is 1.08 bits per heavy atom. The summed E-state index contributed by atoms with van der Waals surface area (Å²) in [7, 11) is -4.46. The number of allylic oxidation sites excluding steroid dienone is 1. The number of carboxylic acids is 1. The molecule has 2 saturated heterocycles. The largest absolute Gasteiger partial charge is 0.490 e. The van der Waals surface area contributed by atoms with Crippen LogP contribution in [0.3, 0.4) is 0 Å². The zero-order valence-electron chi connectivity index (χ0n) is 26.0. The lowest BCUT2D eigenvalue weighted by Crippen LogP contribution is -2.47. The SMILES string of the molecule is CCN1C(=O)c2cc(ccc2Cl)S(=O)(=O)N(c2cccc(C(F)(F)F)c2)C/C=C\CC2(CCNC2)C(=O)N2CCC1C2.O=C(O)C(F)(F)F. The van der Waals surface area contributed by atoms with Crippen LogP contribution in [0.15, 0.2) is 59.5 Å². The first-order valence-electron chi connectivity index (χ1n) is 15.1. The number of halogens is 7. The fourth-order valence-electron chi connectivity index (χ4n) is 6.04. The van der Waals surface area contributed by atoms with E-state index in [-0.39, 0.29) is 39.7 Å². The topological polar surface area (TPSA) is 127 Å². The summed E-state index contributed by atoms with van der Waals surface area (Å²) in [4.78, 5) is 39.6. The predicted octanol–water partition coefficient (Wildman–Crippen LogP) is 5.19. The molecule has 18 heteroatoms. The summed E-state index contributed by atoms with van der Waals surface area (Å²) in [6.07, 6.45) is -4.99. The lowest BCUT2D eigenvalue weighted by Gasteiger charge is -2.33. The van der Waals surface area contributed by atoms with E-state index in [2.05, 4.69) is 5.32 Å². The summed E-state index contributed by atoms with van der Waals surface area (Å²) >= 11 is 6.41. The molecule has 49 heavy (non-hydrogen) atoms. The van der Waals surface area contributed by atoms with Gasteiger partial charge in [0.15, 0.2) is 0 Å². The van der Waals surface area contributed by atoms with E-state index in [0.717, 1.165) is 22.5 Å². The van der Waals surface area contributed by atoms with Gasteiger partial charge in [0.1, 0.15) is 0 Å². The maximum absolute atomic E-state index is 14.0. The summed E-state index contributed by atoms with van der Waals surface area (Å²) in [5.41, 5.74) is -1.96. The molecule has 0 radical (unpaired) electrons. The van der Waals surface area contributed by atoms with Crippen molar-refractivity contribution in [2.75, 3.05) is 43.6 Å². The smallest absolute Gasteiger partial charge is 0.475 e. The molecule has 268 valence electrons. The monoisotopic (exact) mass is 738 g/mol. The third kappa shape index (κ3) is 8.32. The van der Waals surface area contributed by atoms with Gasteiger partial charge < -0.3 is 20.2 Å². The molecule has 3 aliphatic rings. The number of nitrogens with zero attached hydrogens (tertiary/aromatic N) is 3. The lowest BCUT2D eigenvalue weighted by molar-refractivity contribution is -0.192. The molecule has 5 rings (SSSR count). The molecule has 2 unspecified atom stereocenters. The number of carboxylic acid groups (broad SMARTS) is 1. The van der Waals surface area contributed by atoms with Gasteiger partial charge in [0.25, 0.3) is 15.9 Å². The molecular formula is C31H33ClF6N4O6S. The van der Waals surface area contributed by atoms with Crippen molar-refractivity contribution >= 4 is 45.1 Å². The Labute approximate surface area is 283 Å². The van der Waals surface area contributed by atoms with Gasteiger partial charge in [0.2, 0.25) is 5.91 Å². The summed E-state index contributed by atoms with van der Waals surface area (Å²) in [6, 6.07) is 7.53. The highest BCUT2D eigenvalue weighted by Gasteiger charge is 2.45. The second-order valence-corrected chi connectivity index (χ2v) is 14.0. The highest BCUT2D eigenvalue weighted by molar-refractivity contribution is 7.92. The number of aliphatic carboxylic acids is 1. The molecule has 0 aromatic heterocycles. The van der Waals surface area contributed by atoms with Crippen LogP contribution in [0, 0.1) is 5.41 Å². The molecule has 2 aromatic carbocycles. The number of alkyl halides is 6. The van der Waals surface area contributed by atoms with Crippen molar-refractivity contribution < 1.29 is 54.3 Å². The number of carbonyl (C=O) groups is 3. The van der Waals surface area contributed by atoms with Gasteiger partial charge in [-0.1, -0.05) is 29.8 Å². The first-order chi connectivity index (χ1) is 22.8. The quantitative estimate of drug-likeness (QED) is 0.321. The highest BCUT2D eigenvalue weighted by Crippen LogP contribution is 2.37. The number of likely N-dealkylation sites (N-methyl/N-ethyl adjacent to an activating group) is 1. The van der Waals surface area contributed by atoms with Crippen molar-refractivity contribution in [3.05, 3.63) is 70.8 Å². The number of fused-ring (bicyclic) bond motifs is 4. The zero-order chi connectivity index (χ0) is 36.4. The predicted molar refractivity (Wildman–Crippen MR) is 166 cm³/mol. The van der Waals surface area contributed by atoms with Crippen LogP contribution in [0.25, 0.3) is 0 Å². The van der Waals surface area contributed by atoms with Gasteiger partial charge in [-0.25, -0.2) is 13.2 Å². The van der Waals surface area contributed by atoms with Crippen LogP contribution in [0.4, 0.5) is 32.0 Å². The molecule has 0 saturated carbocycles. The number of nitrogens with one attached hydrogen (secondary N) is 1. The lowest BCUT2D eigenvalue weighted by atomic mass is 9.82. The Bertz CT molecular complexity index is 1710. The van der Waals surface area contributed by atoms with E-state index in [9.17, 15) is 44.3 Å². The number of benzene rings is 2. The maximum Gasteiger partial charge on any atom is 0.490 e. The first kappa shape index (κ1) is 38.0. The van der Waals surface area contributed by atoms with Gasteiger partial charge in [0, 0.05) is 26.2 Å². The van der Waals surface area contributed by atoms with Crippen molar-refractivity contribution in [2.24, 2.45) is 5.41 Å². The molecule has 2 atom stereocenters. The van der Waals surface area contributed by atoms with Crippen LogP contribution in [-0.4, -0.2) is 92.6 Å². The molecule has 1 spiro atoms. The minimum absolute atomic E-state index is 0.0300. The van der Waals surface area contributed by atoms with Crippen molar-refractivity contribution in [3.63, 3.8) is 0 Å². The van der Waals surface area contributed by atoms with Crippen molar-refractivity contribution in [2.45, 2.75) is 49.5 Å². The van der Waals surface area contributed by atoms with Gasteiger partial charge >= 0.3 is 18.3 Å². The molecule has 4 bridgehead atoms. The minimum Gasteiger partial charge on any atom is -0.475 e. The van der Waals surface area contributed by atoms with E-state index in [1.54, 1.807) is 28.9 Å². The van der Waals surface area contributed by atoms with E-state index in [0.29, 0.717) is 52.0 Å². The Morgan fingerprint density at radius 2 is 1.78 bits per heavy atom. The van der Waals surface area contributed by atoms with E-state index in [4.69, 9.17) is 21.5 Å². The Balaban J connectivity index is 0.000000698. The normalized spacial score (nSPS) is 23.8. The summed E-state index contributed by atoms with van der Waals surface area (Å²) in [5, 5.41) is 10.4. The first-order valence-corrected chi connectivity index (χ1v) is 16.9. The second-order valence-electron chi connectivity index (χ2n) is 11.7. The molecule has 3 aliphatic heterocycles. The van der Waals surface area contributed by atoms with Crippen LogP contribution in [0.5, 0.6) is 0 Å². The van der Waals surface area contributed by atoms with E-state index in [1.165, 1.54) is 24.3 Å². The van der Waals surface area contributed by atoms with Crippen LogP contribution >= 0.6 is 11.6 Å². The fourth-order valence-corrected chi connectivity index (χ4v) is 7.67. The molecule has 2 amide bonds. The van der Waals surface area contributed by atoms with E-state index in [1.807, 2.05) is 0 Å². The standard InChI is InChI=1S/C29H32ClF3N4O4S.C2HF3O2/c1-2-36-22-10-15-35(18-22)27(39)28(12-13-34-19-28)11-3-4-14-37(21-7-5-6-20(16-21)29(31,32)33)42(40,41)23-8-9-25(30)24(17-23)26(36)38;3-2(4,5)1(6)7/h3-9,16-17,22,34H,2,10-15,18-19H2,1H3;(H,6,7)/b4-3-;. The molecule has 3 heterocycles. The van der Waals surface area contributed by atoms with Gasteiger partial charge in [-0.15, -0.1) is 0 Å². The molecule has 0 aliphatic carbocycles. The van der Waals surface area contributed by atoms with Gasteiger partial charge in [-0.3, -0.25) is 13.9 Å². The number of hydrogen-bond donors (Lipinski definition) is 2. The second kappa shape index (κ2) is 14.6. The average molecular weight is 739 g/mol. The third-order valence-electron chi connectivity index (χ3n) is 8.60. The van der Waals surface area contributed by atoms with Crippen molar-refractivity contribution in [1.82, 2.24) is 15.1 Å². The highest BCUT2D eigenvalue weighted by atomic mass is 35.5. The molecule has 2 N–H and O–H groups in total. The molecular weight excluding hydrogens is 706 g/mol. The molecule has 10 nitrogen and oxygen atoms in total. The Morgan fingerprint density at radius 3 is 2.37 bits per heavy atom. The fraction of sp³-hybridized carbons (Fsp3) is 0.452. The Hall–Kier alpha value is -3.83. The van der Waals surface area contributed by atoms with Crippen LogP contribution < -0.4 is 9.62 Å². The molecule has 2 fully saturated rings. The van der Waals surface area contributed by atoms with E-state index < -0.39 is 45.2 Å². The third-order valence-corrected chi connectivity index (χ3v) is 10.7. The maximum atomic E-state index is 14.0. The zero-order valence-corrected chi connectivity index (χ0v) is 27.6. The Kier molecular flexibility index (Phi) is 11.3. The van der Waals surface area contributed by atoms with Gasteiger partial charge in [0.05, 0.1) is 44.7 Å². The van der Waals surface area contributed by atoms with Gasteiger partial charge in [-0.05, 0) is 69.1 Å². The summed E-state index contributed by atoms with van der Waals surface area (Å²) in [6.45, 7) is 3.77.